The van der Waals surface area contributed by atoms with Crippen LogP contribution < -0.4 is 10.1 Å². The number of rotatable bonds is 5. The largest absolute Gasteiger partial charge is 0.494 e. The first-order valence-electron chi connectivity index (χ1n) is 7.38. The molecule has 2 aromatic rings. The number of nitrogens with one attached hydrogen (secondary N) is 1. The fourth-order valence-electron chi connectivity index (χ4n) is 2.60. The molecule has 0 spiro atoms. The molecule has 2 aromatic carbocycles. The first-order valence-corrected chi connectivity index (χ1v) is 7.38. The van der Waals surface area contributed by atoms with Crippen LogP contribution in [0.3, 0.4) is 0 Å². The quantitative estimate of drug-likeness (QED) is 0.914. The van der Waals surface area contributed by atoms with Crippen molar-refractivity contribution in [2.45, 2.75) is 18.9 Å². The third kappa shape index (κ3) is 3.11. The van der Waals surface area contributed by atoms with E-state index in [2.05, 4.69) is 5.32 Å². The predicted octanol–water partition coefficient (Wildman–Crippen LogP) is 3.72. The molecule has 4 heteroatoms. The lowest BCUT2D eigenvalue weighted by atomic mass is 10.0. The summed E-state index contributed by atoms with van der Waals surface area (Å²) in [5, 5.41) is 3.03. The highest BCUT2D eigenvalue weighted by molar-refractivity contribution is 5.94. The van der Waals surface area contributed by atoms with Gasteiger partial charge in [0.05, 0.1) is 13.2 Å². The van der Waals surface area contributed by atoms with Crippen molar-refractivity contribution >= 4 is 5.91 Å². The summed E-state index contributed by atoms with van der Waals surface area (Å²) in [7, 11) is 1.40. The first kappa shape index (κ1) is 14.6. The van der Waals surface area contributed by atoms with Crippen LogP contribution >= 0.6 is 0 Å². The zero-order valence-electron chi connectivity index (χ0n) is 12.4. The van der Waals surface area contributed by atoms with Gasteiger partial charge >= 0.3 is 0 Å². The van der Waals surface area contributed by atoms with Crippen LogP contribution in [0.2, 0.25) is 0 Å². The van der Waals surface area contributed by atoms with Gasteiger partial charge in [-0.1, -0.05) is 30.3 Å². The number of hydrogen-bond donors (Lipinski definition) is 1. The van der Waals surface area contributed by atoms with E-state index in [9.17, 15) is 9.18 Å². The summed E-state index contributed by atoms with van der Waals surface area (Å²) in [6, 6.07) is 14.1. The maximum atomic E-state index is 13.7. The van der Waals surface area contributed by atoms with Crippen LogP contribution in [0.4, 0.5) is 4.39 Å². The van der Waals surface area contributed by atoms with Gasteiger partial charge in [-0.2, -0.15) is 0 Å². The Hall–Kier alpha value is -2.36. The molecule has 0 bridgehead atoms. The molecule has 1 atom stereocenters. The Morgan fingerprint density at radius 2 is 1.95 bits per heavy atom. The van der Waals surface area contributed by atoms with Gasteiger partial charge in [-0.05, 0) is 42.5 Å². The third-order valence-corrected chi connectivity index (χ3v) is 3.95. The van der Waals surface area contributed by atoms with Gasteiger partial charge < -0.3 is 10.1 Å². The number of halogens is 1. The van der Waals surface area contributed by atoms with Crippen molar-refractivity contribution in [2.24, 2.45) is 5.92 Å². The lowest BCUT2D eigenvalue weighted by molar-refractivity contribution is 0.0931. The van der Waals surface area contributed by atoms with Gasteiger partial charge in [-0.25, -0.2) is 4.39 Å². The van der Waals surface area contributed by atoms with Crippen molar-refractivity contribution in [3.63, 3.8) is 0 Å². The van der Waals surface area contributed by atoms with Crippen LogP contribution in [0.25, 0.3) is 0 Å². The lowest BCUT2D eigenvalue weighted by Gasteiger charge is -2.19. The molecule has 1 amide bonds. The van der Waals surface area contributed by atoms with Crippen LogP contribution in [-0.2, 0) is 0 Å². The van der Waals surface area contributed by atoms with Gasteiger partial charge in [-0.3, -0.25) is 4.79 Å². The summed E-state index contributed by atoms with van der Waals surface area (Å²) < 4.78 is 18.6. The van der Waals surface area contributed by atoms with Crippen molar-refractivity contribution in [2.75, 3.05) is 7.11 Å². The maximum Gasteiger partial charge on any atom is 0.251 e. The van der Waals surface area contributed by atoms with Crippen LogP contribution in [-0.4, -0.2) is 13.0 Å². The summed E-state index contributed by atoms with van der Waals surface area (Å²) in [5.41, 5.74) is 1.40. The fourth-order valence-corrected chi connectivity index (χ4v) is 2.60. The summed E-state index contributed by atoms with van der Waals surface area (Å²) in [6.45, 7) is 0. The molecule has 1 unspecified atom stereocenters. The fraction of sp³-hybridized carbons (Fsp3) is 0.278. The summed E-state index contributed by atoms with van der Waals surface area (Å²) in [6.07, 6.45) is 2.22. The average molecular weight is 299 g/mol. The molecule has 114 valence electrons. The molecule has 0 heterocycles. The standard InChI is InChI=1S/C18H18FNO2/c1-22-16-10-9-14(11-15(16)19)18(21)20-17(13-7-8-13)12-5-3-2-4-6-12/h2-6,9-11,13,17H,7-8H2,1H3,(H,20,21). The van der Waals surface area contributed by atoms with Gasteiger partial charge in [0, 0.05) is 5.56 Å². The van der Waals surface area contributed by atoms with Crippen LogP contribution in [0, 0.1) is 11.7 Å². The average Bonchev–Trinajstić information content (AvgIpc) is 3.38. The van der Waals surface area contributed by atoms with E-state index in [1.165, 1.54) is 19.2 Å². The van der Waals surface area contributed by atoms with E-state index in [1.54, 1.807) is 6.07 Å². The minimum absolute atomic E-state index is 0.0149. The van der Waals surface area contributed by atoms with Crippen LogP contribution in [0.15, 0.2) is 48.5 Å². The van der Waals surface area contributed by atoms with E-state index in [0.29, 0.717) is 11.5 Å². The van der Waals surface area contributed by atoms with Gasteiger partial charge in [0.15, 0.2) is 11.6 Å². The Labute approximate surface area is 129 Å². The lowest BCUT2D eigenvalue weighted by Crippen LogP contribution is -2.29. The highest BCUT2D eigenvalue weighted by Crippen LogP contribution is 2.41. The topological polar surface area (TPSA) is 38.3 Å². The molecular weight excluding hydrogens is 281 g/mol. The minimum Gasteiger partial charge on any atom is -0.494 e. The van der Waals surface area contributed by atoms with E-state index < -0.39 is 5.82 Å². The minimum atomic E-state index is -0.530. The second-order valence-electron chi connectivity index (χ2n) is 5.55. The number of ether oxygens (including phenoxy) is 1. The van der Waals surface area contributed by atoms with Gasteiger partial charge in [0.2, 0.25) is 0 Å². The molecular formula is C18H18FNO2. The third-order valence-electron chi connectivity index (χ3n) is 3.95. The Balaban J connectivity index is 1.78. The second-order valence-corrected chi connectivity index (χ2v) is 5.55. The molecule has 1 aliphatic rings. The van der Waals surface area contributed by atoms with Gasteiger partial charge in [-0.15, -0.1) is 0 Å². The van der Waals surface area contributed by atoms with E-state index >= 15 is 0 Å². The number of carbonyl (C=O) groups excluding carboxylic acids is 1. The Morgan fingerprint density at radius 1 is 1.23 bits per heavy atom. The number of hydrogen-bond acceptors (Lipinski definition) is 2. The highest BCUT2D eigenvalue weighted by Gasteiger charge is 2.33. The van der Waals surface area contributed by atoms with Crippen molar-refractivity contribution < 1.29 is 13.9 Å². The van der Waals surface area contributed by atoms with E-state index in [0.717, 1.165) is 18.4 Å². The van der Waals surface area contributed by atoms with Crippen molar-refractivity contribution in [1.29, 1.82) is 0 Å². The van der Waals surface area contributed by atoms with Gasteiger partial charge in [0.1, 0.15) is 0 Å². The predicted molar refractivity (Wildman–Crippen MR) is 82.3 cm³/mol. The first-order chi connectivity index (χ1) is 10.7. The molecule has 1 N–H and O–H groups in total. The normalized spacial score (nSPS) is 15.2. The number of methoxy groups -OCH3 is 1. The molecule has 0 saturated heterocycles. The zero-order valence-corrected chi connectivity index (χ0v) is 12.4. The monoisotopic (exact) mass is 299 g/mol. The number of benzene rings is 2. The second kappa shape index (κ2) is 6.18. The van der Waals surface area contributed by atoms with Crippen LogP contribution in [0.5, 0.6) is 5.75 Å². The Bertz CT molecular complexity index is 668. The van der Waals surface area contributed by atoms with Gasteiger partial charge in [0.25, 0.3) is 5.91 Å². The molecule has 3 rings (SSSR count). The number of amides is 1. The molecule has 0 aromatic heterocycles. The van der Waals surface area contributed by atoms with Crippen LogP contribution in [0.1, 0.15) is 34.8 Å². The Kier molecular flexibility index (Phi) is 4.09. The van der Waals surface area contributed by atoms with E-state index in [-0.39, 0.29) is 17.7 Å². The van der Waals surface area contributed by atoms with Crippen molar-refractivity contribution in [3.8, 4) is 5.75 Å². The highest BCUT2D eigenvalue weighted by atomic mass is 19.1. The Morgan fingerprint density at radius 3 is 2.55 bits per heavy atom. The van der Waals surface area contributed by atoms with E-state index in [1.807, 2.05) is 30.3 Å². The number of carbonyl (C=O) groups is 1. The molecule has 1 saturated carbocycles. The molecule has 0 aliphatic heterocycles. The summed E-state index contributed by atoms with van der Waals surface area (Å²) in [5.74, 6) is -0.187. The molecule has 3 nitrogen and oxygen atoms in total. The van der Waals surface area contributed by atoms with Crippen molar-refractivity contribution in [3.05, 3.63) is 65.5 Å². The molecule has 22 heavy (non-hydrogen) atoms. The smallest absolute Gasteiger partial charge is 0.251 e. The molecule has 1 fully saturated rings. The van der Waals surface area contributed by atoms with Crippen molar-refractivity contribution in [1.82, 2.24) is 5.32 Å². The zero-order chi connectivity index (χ0) is 15.5. The molecule has 0 radical (unpaired) electrons. The SMILES string of the molecule is COc1ccc(C(=O)NC(c2ccccc2)C2CC2)cc1F. The maximum absolute atomic E-state index is 13.7. The summed E-state index contributed by atoms with van der Waals surface area (Å²) in [4.78, 5) is 12.4. The molecule has 1 aliphatic carbocycles. The van der Waals surface area contributed by atoms with E-state index in [4.69, 9.17) is 4.74 Å². The summed E-state index contributed by atoms with van der Waals surface area (Å²) >= 11 is 0.